The number of hydrogen-bond donors (Lipinski definition) is 2. The Morgan fingerprint density at radius 1 is 1.28 bits per heavy atom. The van der Waals surface area contributed by atoms with Crippen molar-refractivity contribution in [3.8, 4) is 0 Å². The van der Waals surface area contributed by atoms with E-state index in [1.165, 1.54) is 0 Å². The fraction of sp³-hybridized carbons (Fsp3) is 0.667. The average Bonchev–Trinajstić information content (AvgIpc) is 2.71. The van der Waals surface area contributed by atoms with E-state index in [-0.39, 0.29) is 6.04 Å². The van der Waals surface area contributed by atoms with Crippen molar-refractivity contribution in [3.05, 3.63) is 18.0 Å². The summed E-state index contributed by atoms with van der Waals surface area (Å²) in [5.74, 6) is 0. The van der Waals surface area contributed by atoms with Crippen molar-refractivity contribution in [1.29, 1.82) is 0 Å². The van der Waals surface area contributed by atoms with E-state index in [2.05, 4.69) is 10.0 Å². The van der Waals surface area contributed by atoms with Gasteiger partial charge >= 0.3 is 0 Å². The molecule has 1 heterocycles. The molecule has 1 aromatic rings. The molecule has 1 aromatic heterocycles. The molecule has 2 N–H and O–H groups in total. The smallest absolute Gasteiger partial charge is 0.242 e. The zero-order valence-corrected chi connectivity index (χ0v) is 12.3. The summed E-state index contributed by atoms with van der Waals surface area (Å²) in [4.78, 5) is 0.339. The van der Waals surface area contributed by atoms with Crippen molar-refractivity contribution in [3.63, 3.8) is 0 Å². The van der Waals surface area contributed by atoms with E-state index in [0.717, 1.165) is 12.2 Å². The van der Waals surface area contributed by atoms with Gasteiger partial charge in [-0.1, -0.05) is 13.8 Å². The molecule has 0 bridgehead atoms. The Kier molecular flexibility index (Phi) is 5.37. The van der Waals surface area contributed by atoms with Crippen LogP contribution in [-0.4, -0.2) is 26.1 Å². The molecule has 0 amide bonds. The Hall–Kier alpha value is -0.850. The van der Waals surface area contributed by atoms with E-state index in [1.807, 2.05) is 25.3 Å². The third kappa shape index (κ3) is 3.57. The Morgan fingerprint density at radius 3 is 2.44 bits per heavy atom. The maximum Gasteiger partial charge on any atom is 0.242 e. The SMILES string of the molecule is CCNCc1cc(S(=O)(=O)NCC)cn1C(C)C. The largest absolute Gasteiger partial charge is 0.346 e. The molecule has 18 heavy (non-hydrogen) atoms. The molecule has 0 aliphatic carbocycles. The van der Waals surface area contributed by atoms with Gasteiger partial charge in [0.05, 0.1) is 4.90 Å². The Labute approximate surface area is 110 Å². The molecular weight excluding hydrogens is 250 g/mol. The second kappa shape index (κ2) is 6.36. The number of aromatic nitrogens is 1. The third-order valence-electron chi connectivity index (χ3n) is 2.66. The quantitative estimate of drug-likeness (QED) is 0.791. The average molecular weight is 273 g/mol. The van der Waals surface area contributed by atoms with Crippen molar-refractivity contribution >= 4 is 10.0 Å². The first-order chi connectivity index (χ1) is 8.42. The first kappa shape index (κ1) is 15.2. The molecule has 1 rings (SSSR count). The lowest BCUT2D eigenvalue weighted by Gasteiger charge is -2.12. The summed E-state index contributed by atoms with van der Waals surface area (Å²) in [6, 6.07) is 1.98. The number of rotatable bonds is 7. The van der Waals surface area contributed by atoms with Gasteiger partial charge in [-0.3, -0.25) is 0 Å². The van der Waals surface area contributed by atoms with E-state index in [4.69, 9.17) is 0 Å². The van der Waals surface area contributed by atoms with Gasteiger partial charge < -0.3 is 9.88 Å². The molecule has 0 radical (unpaired) electrons. The summed E-state index contributed by atoms with van der Waals surface area (Å²) in [6.07, 6.45) is 1.70. The van der Waals surface area contributed by atoms with Gasteiger partial charge in [0, 0.05) is 31.0 Å². The predicted octanol–water partition coefficient (Wildman–Crippen LogP) is 1.48. The van der Waals surface area contributed by atoms with Gasteiger partial charge in [0.25, 0.3) is 0 Å². The van der Waals surface area contributed by atoms with Crippen LogP contribution < -0.4 is 10.0 Å². The first-order valence-corrected chi connectivity index (χ1v) is 7.81. The standard InChI is InChI=1S/C12H23N3O2S/c1-5-13-8-11-7-12(9-15(11)10(3)4)18(16,17)14-6-2/h7,9-10,13-14H,5-6,8H2,1-4H3. The van der Waals surface area contributed by atoms with Crippen LogP contribution in [0.15, 0.2) is 17.2 Å². The number of hydrogen-bond acceptors (Lipinski definition) is 3. The molecule has 6 heteroatoms. The number of sulfonamides is 1. The zero-order valence-electron chi connectivity index (χ0n) is 11.5. The molecule has 5 nitrogen and oxygen atoms in total. The van der Waals surface area contributed by atoms with Gasteiger partial charge in [-0.25, -0.2) is 13.1 Å². The summed E-state index contributed by atoms with van der Waals surface area (Å²) in [5, 5.41) is 3.22. The van der Waals surface area contributed by atoms with E-state index in [9.17, 15) is 8.42 Å². The van der Waals surface area contributed by atoms with E-state index < -0.39 is 10.0 Å². The van der Waals surface area contributed by atoms with E-state index >= 15 is 0 Å². The molecular formula is C12H23N3O2S. The van der Waals surface area contributed by atoms with Gasteiger partial charge in [-0.2, -0.15) is 0 Å². The molecule has 0 atom stereocenters. The lowest BCUT2D eigenvalue weighted by Crippen LogP contribution is -2.22. The first-order valence-electron chi connectivity index (χ1n) is 6.33. The lowest BCUT2D eigenvalue weighted by molar-refractivity contribution is 0.554. The number of nitrogens with zero attached hydrogens (tertiary/aromatic N) is 1. The monoisotopic (exact) mass is 273 g/mol. The Bertz CT molecular complexity index is 478. The van der Waals surface area contributed by atoms with Crippen LogP contribution in [0, 0.1) is 0 Å². The molecule has 0 fully saturated rings. The molecule has 104 valence electrons. The van der Waals surface area contributed by atoms with Crippen LogP contribution in [0.25, 0.3) is 0 Å². The molecule has 0 aliphatic heterocycles. The maximum absolute atomic E-state index is 11.9. The molecule has 0 spiro atoms. The predicted molar refractivity (Wildman–Crippen MR) is 73.1 cm³/mol. The van der Waals surface area contributed by atoms with Crippen molar-refractivity contribution in [1.82, 2.24) is 14.6 Å². The number of nitrogens with one attached hydrogen (secondary N) is 2. The lowest BCUT2D eigenvalue weighted by atomic mass is 10.3. The maximum atomic E-state index is 11.9. The molecule has 0 saturated carbocycles. The van der Waals surface area contributed by atoms with Crippen molar-refractivity contribution < 1.29 is 8.42 Å². The van der Waals surface area contributed by atoms with Crippen LogP contribution in [-0.2, 0) is 16.6 Å². The van der Waals surface area contributed by atoms with Crippen LogP contribution in [0.3, 0.4) is 0 Å². The molecule has 0 aliphatic rings. The Morgan fingerprint density at radius 2 is 1.94 bits per heavy atom. The fourth-order valence-corrected chi connectivity index (χ4v) is 2.88. The van der Waals surface area contributed by atoms with Crippen molar-refractivity contribution in [2.75, 3.05) is 13.1 Å². The van der Waals surface area contributed by atoms with Crippen LogP contribution in [0.1, 0.15) is 39.4 Å². The van der Waals surface area contributed by atoms with Crippen LogP contribution in [0.4, 0.5) is 0 Å². The summed E-state index contributed by atoms with van der Waals surface area (Å²) in [5.41, 5.74) is 0.989. The summed E-state index contributed by atoms with van der Waals surface area (Å²) in [6.45, 7) is 9.82. The third-order valence-corrected chi connectivity index (χ3v) is 4.18. The van der Waals surface area contributed by atoms with Crippen molar-refractivity contribution in [2.24, 2.45) is 0 Å². The molecule has 0 unspecified atom stereocenters. The fourth-order valence-electron chi connectivity index (χ4n) is 1.79. The zero-order chi connectivity index (χ0) is 13.8. The van der Waals surface area contributed by atoms with Gasteiger partial charge in [0.2, 0.25) is 10.0 Å². The van der Waals surface area contributed by atoms with Crippen LogP contribution in [0.2, 0.25) is 0 Å². The van der Waals surface area contributed by atoms with Crippen LogP contribution >= 0.6 is 0 Å². The van der Waals surface area contributed by atoms with Gasteiger partial charge in [0.1, 0.15) is 0 Å². The highest BCUT2D eigenvalue weighted by Gasteiger charge is 2.18. The highest BCUT2D eigenvalue weighted by atomic mass is 32.2. The topological polar surface area (TPSA) is 63.1 Å². The van der Waals surface area contributed by atoms with Gasteiger partial charge in [-0.15, -0.1) is 0 Å². The highest BCUT2D eigenvalue weighted by Crippen LogP contribution is 2.18. The van der Waals surface area contributed by atoms with E-state index in [0.29, 0.717) is 18.0 Å². The van der Waals surface area contributed by atoms with Crippen molar-refractivity contribution in [2.45, 2.75) is 45.2 Å². The second-order valence-corrected chi connectivity index (χ2v) is 6.22. The second-order valence-electron chi connectivity index (χ2n) is 4.45. The Balaban J connectivity index is 3.09. The highest BCUT2D eigenvalue weighted by molar-refractivity contribution is 7.89. The van der Waals surface area contributed by atoms with Gasteiger partial charge in [0.15, 0.2) is 0 Å². The minimum atomic E-state index is -3.37. The summed E-state index contributed by atoms with van der Waals surface area (Å²) < 4.78 is 28.4. The summed E-state index contributed by atoms with van der Waals surface area (Å²) >= 11 is 0. The normalized spacial score (nSPS) is 12.3. The summed E-state index contributed by atoms with van der Waals surface area (Å²) in [7, 11) is -3.37. The molecule has 0 saturated heterocycles. The molecule has 0 aromatic carbocycles. The van der Waals surface area contributed by atoms with Gasteiger partial charge in [-0.05, 0) is 26.5 Å². The minimum Gasteiger partial charge on any atom is -0.346 e. The van der Waals surface area contributed by atoms with E-state index in [1.54, 1.807) is 19.2 Å². The van der Waals surface area contributed by atoms with Crippen LogP contribution in [0.5, 0.6) is 0 Å². The minimum absolute atomic E-state index is 0.240.